The van der Waals surface area contributed by atoms with Crippen LogP contribution in [0, 0.1) is 0 Å². The molecule has 0 spiro atoms. The molecular weight excluding hydrogens is 214 g/mol. The van der Waals surface area contributed by atoms with E-state index in [1.165, 1.54) is 0 Å². The standard InChI is InChI=1S/C14H21NO2/c1-3-12(4-2)15-13(14(16)17)10-11-8-6-5-7-9-11/h5-9,12-13,15H,3-4,10H2,1-2H3,(H,16,17). The zero-order chi connectivity index (χ0) is 12.7. The van der Waals surface area contributed by atoms with E-state index in [1.807, 2.05) is 30.3 Å². The number of carboxylic acid groups (broad SMARTS) is 1. The van der Waals surface area contributed by atoms with E-state index >= 15 is 0 Å². The molecule has 0 aromatic heterocycles. The van der Waals surface area contributed by atoms with Crippen molar-refractivity contribution in [3.63, 3.8) is 0 Å². The number of hydrogen-bond donors (Lipinski definition) is 2. The van der Waals surface area contributed by atoms with Gasteiger partial charge in [0.05, 0.1) is 0 Å². The average Bonchev–Trinajstić information content (AvgIpc) is 2.35. The molecule has 0 bridgehead atoms. The summed E-state index contributed by atoms with van der Waals surface area (Å²) in [4.78, 5) is 11.2. The van der Waals surface area contributed by atoms with Crippen LogP contribution in [0.4, 0.5) is 0 Å². The summed E-state index contributed by atoms with van der Waals surface area (Å²) in [5, 5.41) is 12.4. The molecule has 0 amide bonds. The van der Waals surface area contributed by atoms with Crippen molar-refractivity contribution in [2.24, 2.45) is 0 Å². The first-order chi connectivity index (χ1) is 8.17. The van der Waals surface area contributed by atoms with Crippen LogP contribution in [0.25, 0.3) is 0 Å². The van der Waals surface area contributed by atoms with Crippen molar-refractivity contribution < 1.29 is 9.90 Å². The van der Waals surface area contributed by atoms with Crippen molar-refractivity contribution in [2.75, 3.05) is 0 Å². The summed E-state index contributed by atoms with van der Waals surface area (Å²) in [5.74, 6) is -0.777. The van der Waals surface area contributed by atoms with E-state index in [-0.39, 0.29) is 6.04 Å². The van der Waals surface area contributed by atoms with E-state index in [4.69, 9.17) is 0 Å². The van der Waals surface area contributed by atoms with Gasteiger partial charge in [0.25, 0.3) is 0 Å². The summed E-state index contributed by atoms with van der Waals surface area (Å²) in [6, 6.07) is 9.52. The lowest BCUT2D eigenvalue weighted by Gasteiger charge is -2.21. The van der Waals surface area contributed by atoms with Crippen LogP contribution in [0.3, 0.4) is 0 Å². The van der Waals surface area contributed by atoms with Gasteiger partial charge in [-0.1, -0.05) is 44.2 Å². The second-order valence-corrected chi connectivity index (χ2v) is 4.26. The summed E-state index contributed by atoms with van der Waals surface area (Å²) in [5.41, 5.74) is 1.05. The zero-order valence-corrected chi connectivity index (χ0v) is 10.5. The normalized spacial score (nSPS) is 12.6. The van der Waals surface area contributed by atoms with Gasteiger partial charge in [-0.25, -0.2) is 0 Å². The molecule has 1 rings (SSSR count). The highest BCUT2D eigenvalue weighted by Crippen LogP contribution is 2.06. The number of rotatable bonds is 7. The highest BCUT2D eigenvalue weighted by molar-refractivity contribution is 5.74. The predicted molar refractivity (Wildman–Crippen MR) is 69.1 cm³/mol. The van der Waals surface area contributed by atoms with Crippen LogP contribution >= 0.6 is 0 Å². The van der Waals surface area contributed by atoms with E-state index in [1.54, 1.807) is 0 Å². The lowest BCUT2D eigenvalue weighted by atomic mass is 10.0. The van der Waals surface area contributed by atoms with Crippen LogP contribution in [0.2, 0.25) is 0 Å². The number of nitrogens with one attached hydrogen (secondary N) is 1. The molecule has 0 saturated carbocycles. The average molecular weight is 235 g/mol. The molecule has 3 heteroatoms. The molecule has 0 fully saturated rings. The van der Waals surface area contributed by atoms with Gasteiger partial charge in [0.15, 0.2) is 0 Å². The molecule has 0 aliphatic heterocycles. The highest BCUT2D eigenvalue weighted by Gasteiger charge is 2.20. The van der Waals surface area contributed by atoms with E-state index < -0.39 is 12.0 Å². The van der Waals surface area contributed by atoms with Gasteiger partial charge in [0.2, 0.25) is 0 Å². The molecule has 1 atom stereocenters. The monoisotopic (exact) mass is 235 g/mol. The quantitative estimate of drug-likeness (QED) is 0.763. The lowest BCUT2D eigenvalue weighted by Crippen LogP contribution is -2.44. The fourth-order valence-electron chi connectivity index (χ4n) is 1.88. The summed E-state index contributed by atoms with van der Waals surface area (Å²) in [7, 11) is 0. The fraction of sp³-hybridized carbons (Fsp3) is 0.500. The SMILES string of the molecule is CCC(CC)NC(Cc1ccccc1)C(=O)O. The van der Waals surface area contributed by atoms with Crippen molar-refractivity contribution in [1.82, 2.24) is 5.32 Å². The number of hydrogen-bond acceptors (Lipinski definition) is 2. The summed E-state index contributed by atoms with van der Waals surface area (Å²) < 4.78 is 0. The summed E-state index contributed by atoms with van der Waals surface area (Å²) >= 11 is 0. The summed E-state index contributed by atoms with van der Waals surface area (Å²) in [6.45, 7) is 4.14. The number of benzene rings is 1. The molecule has 2 N–H and O–H groups in total. The molecule has 0 aliphatic rings. The topological polar surface area (TPSA) is 49.3 Å². The Morgan fingerprint density at radius 2 is 1.82 bits per heavy atom. The molecular formula is C14H21NO2. The number of carbonyl (C=O) groups is 1. The Morgan fingerprint density at radius 1 is 1.24 bits per heavy atom. The van der Waals surface area contributed by atoms with Gasteiger partial charge in [0.1, 0.15) is 6.04 Å². The number of aliphatic carboxylic acids is 1. The minimum Gasteiger partial charge on any atom is -0.480 e. The molecule has 1 aromatic rings. The maximum atomic E-state index is 11.2. The van der Waals surface area contributed by atoms with E-state index in [0.29, 0.717) is 6.42 Å². The summed E-state index contributed by atoms with van der Waals surface area (Å²) in [6.07, 6.45) is 2.44. The van der Waals surface area contributed by atoms with Gasteiger partial charge in [-0.05, 0) is 24.8 Å². The first kappa shape index (κ1) is 13.7. The van der Waals surface area contributed by atoms with Gasteiger partial charge in [-0.3, -0.25) is 4.79 Å². The maximum absolute atomic E-state index is 11.2. The molecule has 1 aromatic carbocycles. The molecule has 0 radical (unpaired) electrons. The van der Waals surface area contributed by atoms with Crippen LogP contribution in [-0.4, -0.2) is 23.2 Å². The first-order valence-corrected chi connectivity index (χ1v) is 6.20. The van der Waals surface area contributed by atoms with E-state index in [0.717, 1.165) is 18.4 Å². The second-order valence-electron chi connectivity index (χ2n) is 4.26. The number of carboxylic acids is 1. The van der Waals surface area contributed by atoms with E-state index in [9.17, 15) is 9.90 Å². The Labute approximate surface area is 103 Å². The third-order valence-corrected chi connectivity index (χ3v) is 3.00. The third-order valence-electron chi connectivity index (χ3n) is 3.00. The van der Waals surface area contributed by atoms with Crippen molar-refractivity contribution in [3.8, 4) is 0 Å². The highest BCUT2D eigenvalue weighted by atomic mass is 16.4. The predicted octanol–water partition coefficient (Wildman–Crippen LogP) is 2.46. The molecule has 0 heterocycles. The van der Waals surface area contributed by atoms with Crippen LogP contribution in [0.15, 0.2) is 30.3 Å². The van der Waals surface area contributed by atoms with Gasteiger partial charge in [0, 0.05) is 6.04 Å². The van der Waals surface area contributed by atoms with Gasteiger partial charge in [-0.15, -0.1) is 0 Å². The maximum Gasteiger partial charge on any atom is 0.321 e. The minimum absolute atomic E-state index is 0.278. The molecule has 94 valence electrons. The Hall–Kier alpha value is -1.35. The Morgan fingerprint density at radius 3 is 2.29 bits per heavy atom. The molecule has 0 saturated heterocycles. The van der Waals surface area contributed by atoms with Crippen LogP contribution in [-0.2, 0) is 11.2 Å². The second kappa shape index (κ2) is 7.07. The molecule has 1 unspecified atom stereocenters. The van der Waals surface area contributed by atoms with Gasteiger partial charge in [-0.2, -0.15) is 0 Å². The van der Waals surface area contributed by atoms with Crippen LogP contribution < -0.4 is 5.32 Å². The fourth-order valence-corrected chi connectivity index (χ4v) is 1.88. The Kier molecular flexibility index (Phi) is 5.70. The van der Waals surface area contributed by atoms with Crippen molar-refractivity contribution in [2.45, 2.75) is 45.2 Å². The molecule has 3 nitrogen and oxygen atoms in total. The van der Waals surface area contributed by atoms with Crippen molar-refractivity contribution in [3.05, 3.63) is 35.9 Å². The van der Waals surface area contributed by atoms with Crippen molar-refractivity contribution >= 4 is 5.97 Å². The zero-order valence-electron chi connectivity index (χ0n) is 10.5. The Balaban J connectivity index is 2.64. The van der Waals surface area contributed by atoms with Gasteiger partial charge < -0.3 is 10.4 Å². The largest absolute Gasteiger partial charge is 0.480 e. The lowest BCUT2D eigenvalue weighted by molar-refractivity contribution is -0.139. The minimum atomic E-state index is -0.777. The van der Waals surface area contributed by atoms with Crippen LogP contribution in [0.5, 0.6) is 0 Å². The smallest absolute Gasteiger partial charge is 0.321 e. The van der Waals surface area contributed by atoms with E-state index in [2.05, 4.69) is 19.2 Å². The van der Waals surface area contributed by atoms with Crippen LogP contribution in [0.1, 0.15) is 32.3 Å². The third kappa shape index (κ3) is 4.57. The van der Waals surface area contributed by atoms with Crippen molar-refractivity contribution in [1.29, 1.82) is 0 Å². The molecule has 0 aliphatic carbocycles. The Bertz CT molecular complexity index is 333. The van der Waals surface area contributed by atoms with Gasteiger partial charge >= 0.3 is 5.97 Å². The molecule has 17 heavy (non-hydrogen) atoms. The first-order valence-electron chi connectivity index (χ1n) is 6.20.